The summed E-state index contributed by atoms with van der Waals surface area (Å²) in [6.07, 6.45) is 1.01. The van der Waals surface area contributed by atoms with Crippen molar-refractivity contribution < 1.29 is 23.8 Å². The van der Waals surface area contributed by atoms with Gasteiger partial charge in [-0.05, 0) is 37.2 Å². The van der Waals surface area contributed by atoms with E-state index in [0.29, 0.717) is 30.8 Å². The molecule has 0 heterocycles. The highest BCUT2D eigenvalue weighted by atomic mass is 16.7. The lowest BCUT2D eigenvalue weighted by Gasteiger charge is -2.20. The van der Waals surface area contributed by atoms with Crippen molar-refractivity contribution in [2.75, 3.05) is 32.8 Å². The molecule has 0 saturated carbocycles. The molecule has 0 aliphatic carbocycles. The van der Waals surface area contributed by atoms with Crippen molar-refractivity contribution in [1.29, 1.82) is 0 Å². The lowest BCUT2D eigenvalue weighted by molar-refractivity contribution is 0.0802. The summed E-state index contributed by atoms with van der Waals surface area (Å²) in [4.78, 5) is 25.7. The average molecular weight is 397 g/mol. The molecule has 154 valence electrons. The van der Waals surface area contributed by atoms with Crippen molar-refractivity contribution >= 4 is 11.9 Å². The van der Waals surface area contributed by atoms with Crippen molar-refractivity contribution in [2.45, 2.75) is 13.3 Å². The summed E-state index contributed by atoms with van der Waals surface area (Å²) in [7, 11) is 0. The van der Waals surface area contributed by atoms with Gasteiger partial charge in [-0.1, -0.05) is 43.8 Å². The molecule has 0 amide bonds. The second-order valence-corrected chi connectivity index (χ2v) is 6.24. The lowest BCUT2D eigenvalue weighted by Crippen LogP contribution is -2.30. The quantitative estimate of drug-likeness (QED) is 0.230. The minimum absolute atomic E-state index is 0.00602. The van der Waals surface area contributed by atoms with Crippen LogP contribution in [0.2, 0.25) is 0 Å². The Kier molecular flexibility index (Phi) is 9.45. The Morgan fingerprint density at radius 3 is 2.31 bits per heavy atom. The zero-order valence-corrected chi connectivity index (χ0v) is 16.7. The lowest BCUT2D eigenvalue weighted by atomic mass is 10.0. The number of ether oxygens (including phenoxy) is 3. The molecular weight excluding hydrogens is 370 g/mol. The van der Waals surface area contributed by atoms with Crippen LogP contribution in [0, 0.1) is 0 Å². The molecule has 0 fully saturated rings. The highest BCUT2D eigenvalue weighted by Crippen LogP contribution is 2.15. The minimum atomic E-state index is -0.736. The Balaban J connectivity index is 1.71. The second kappa shape index (κ2) is 12.4. The summed E-state index contributed by atoms with van der Waals surface area (Å²) < 4.78 is 15.2. The zero-order chi connectivity index (χ0) is 20.9. The van der Waals surface area contributed by atoms with Gasteiger partial charge in [0.25, 0.3) is 0 Å². The van der Waals surface area contributed by atoms with Crippen LogP contribution in [0.3, 0.4) is 0 Å². The number of benzene rings is 2. The molecule has 29 heavy (non-hydrogen) atoms. The number of hydrogen-bond donors (Lipinski definition) is 0. The van der Waals surface area contributed by atoms with Crippen molar-refractivity contribution in [3.05, 3.63) is 78.6 Å². The average Bonchev–Trinajstić information content (AvgIpc) is 2.76. The van der Waals surface area contributed by atoms with Gasteiger partial charge in [0, 0.05) is 24.2 Å². The summed E-state index contributed by atoms with van der Waals surface area (Å²) in [5, 5.41) is 0. The molecule has 0 saturated heterocycles. The van der Waals surface area contributed by atoms with Crippen LogP contribution < -0.4 is 4.74 Å². The van der Waals surface area contributed by atoms with Crippen LogP contribution in [0.15, 0.2) is 67.4 Å². The topological polar surface area (TPSA) is 65.1 Å². The fourth-order valence-electron chi connectivity index (χ4n) is 2.73. The van der Waals surface area contributed by atoms with Gasteiger partial charge in [-0.15, -0.1) is 0 Å². The standard InChI is InChI=1S/C23H27NO5/c1-3-24(15-8-17-29-23(26)27-4-2)16-18-28-21-13-11-20(12-14-21)22(25)19-9-6-5-7-10-19/h4-7,9-14H,2-3,8,15-18H2,1H3. The largest absolute Gasteiger partial charge is 0.513 e. The van der Waals surface area contributed by atoms with E-state index in [9.17, 15) is 9.59 Å². The van der Waals surface area contributed by atoms with Crippen molar-refractivity contribution in [3.8, 4) is 5.75 Å². The monoisotopic (exact) mass is 397 g/mol. The third kappa shape index (κ3) is 7.79. The van der Waals surface area contributed by atoms with Gasteiger partial charge in [-0.2, -0.15) is 0 Å². The Morgan fingerprint density at radius 1 is 0.966 bits per heavy atom. The van der Waals surface area contributed by atoms with Crippen molar-refractivity contribution in [1.82, 2.24) is 4.90 Å². The predicted octanol–water partition coefficient (Wildman–Crippen LogP) is 4.31. The Bertz CT molecular complexity index is 774. The minimum Gasteiger partial charge on any atom is -0.492 e. The van der Waals surface area contributed by atoms with E-state index < -0.39 is 6.16 Å². The number of likely N-dealkylation sites (N-methyl/N-ethyl adjacent to an activating group) is 1. The molecule has 6 nitrogen and oxygen atoms in total. The van der Waals surface area contributed by atoms with Gasteiger partial charge in [0.2, 0.25) is 0 Å². The van der Waals surface area contributed by atoms with Crippen LogP contribution in [0.4, 0.5) is 4.79 Å². The number of ketones is 1. The van der Waals surface area contributed by atoms with Crippen molar-refractivity contribution in [2.24, 2.45) is 0 Å². The molecule has 2 rings (SSSR count). The summed E-state index contributed by atoms with van der Waals surface area (Å²) in [6.45, 7) is 8.58. The maximum absolute atomic E-state index is 12.4. The third-order valence-corrected chi connectivity index (χ3v) is 4.29. The number of carbonyl (C=O) groups is 2. The van der Waals surface area contributed by atoms with Gasteiger partial charge in [-0.25, -0.2) is 4.79 Å². The van der Waals surface area contributed by atoms with Gasteiger partial charge in [0.05, 0.1) is 12.9 Å². The first-order valence-corrected chi connectivity index (χ1v) is 9.63. The molecule has 2 aromatic carbocycles. The Hall–Kier alpha value is -3.12. The SMILES string of the molecule is C=COC(=O)OCCCN(CC)CCOc1ccc(C(=O)c2ccccc2)cc1. The van der Waals surface area contributed by atoms with Crippen molar-refractivity contribution in [3.63, 3.8) is 0 Å². The van der Waals surface area contributed by atoms with Crippen LogP contribution >= 0.6 is 0 Å². The number of hydrogen-bond acceptors (Lipinski definition) is 6. The van der Waals surface area contributed by atoms with E-state index in [1.165, 1.54) is 0 Å². The zero-order valence-electron chi connectivity index (χ0n) is 16.7. The van der Waals surface area contributed by atoms with E-state index in [-0.39, 0.29) is 5.78 Å². The van der Waals surface area contributed by atoms with E-state index in [0.717, 1.165) is 31.6 Å². The first-order valence-electron chi connectivity index (χ1n) is 9.63. The predicted molar refractivity (Wildman–Crippen MR) is 111 cm³/mol. The van der Waals surface area contributed by atoms with Gasteiger partial charge in [-0.3, -0.25) is 4.79 Å². The summed E-state index contributed by atoms with van der Waals surface area (Å²) in [5.41, 5.74) is 1.30. The fourth-order valence-corrected chi connectivity index (χ4v) is 2.73. The summed E-state index contributed by atoms with van der Waals surface area (Å²) in [5.74, 6) is 0.717. The second-order valence-electron chi connectivity index (χ2n) is 6.24. The molecule has 0 unspecified atom stereocenters. The molecule has 0 atom stereocenters. The highest BCUT2D eigenvalue weighted by molar-refractivity contribution is 6.08. The highest BCUT2D eigenvalue weighted by Gasteiger charge is 2.09. The van der Waals surface area contributed by atoms with Gasteiger partial charge in [0.1, 0.15) is 12.4 Å². The first kappa shape index (κ1) is 22.2. The van der Waals surface area contributed by atoms with Crippen LogP contribution in [-0.2, 0) is 9.47 Å². The normalized spacial score (nSPS) is 10.4. The smallest absolute Gasteiger partial charge is 0.492 e. The molecule has 0 aromatic heterocycles. The molecule has 0 aliphatic heterocycles. The molecular formula is C23H27NO5. The van der Waals surface area contributed by atoms with E-state index in [2.05, 4.69) is 23.1 Å². The number of carbonyl (C=O) groups excluding carboxylic acids is 2. The number of rotatable bonds is 12. The van der Waals surface area contributed by atoms with Crippen LogP contribution in [0.5, 0.6) is 5.75 Å². The van der Waals surface area contributed by atoms with E-state index in [1.54, 1.807) is 24.3 Å². The van der Waals surface area contributed by atoms with Crippen LogP contribution in [-0.4, -0.2) is 49.7 Å². The summed E-state index contributed by atoms with van der Waals surface area (Å²) >= 11 is 0. The van der Waals surface area contributed by atoms with Gasteiger partial charge >= 0.3 is 6.16 Å². The Labute approximate surface area is 171 Å². The molecule has 0 radical (unpaired) electrons. The Morgan fingerprint density at radius 2 is 1.66 bits per heavy atom. The first-order chi connectivity index (χ1) is 14.1. The molecule has 0 N–H and O–H groups in total. The summed E-state index contributed by atoms with van der Waals surface area (Å²) in [6, 6.07) is 16.4. The third-order valence-electron chi connectivity index (χ3n) is 4.29. The molecule has 0 aliphatic rings. The molecule has 6 heteroatoms. The maximum atomic E-state index is 12.4. The fraction of sp³-hybridized carbons (Fsp3) is 0.304. The van der Waals surface area contributed by atoms with E-state index in [4.69, 9.17) is 9.47 Å². The number of nitrogens with zero attached hydrogens (tertiary/aromatic N) is 1. The van der Waals surface area contributed by atoms with E-state index in [1.807, 2.05) is 30.3 Å². The maximum Gasteiger partial charge on any atom is 0.513 e. The van der Waals surface area contributed by atoms with Gasteiger partial charge < -0.3 is 19.1 Å². The molecule has 0 spiro atoms. The molecule has 2 aromatic rings. The molecule has 0 bridgehead atoms. The van der Waals surface area contributed by atoms with E-state index >= 15 is 0 Å². The van der Waals surface area contributed by atoms with Crippen LogP contribution in [0.1, 0.15) is 29.3 Å². The van der Waals surface area contributed by atoms with Gasteiger partial charge in [0.15, 0.2) is 5.78 Å². The van der Waals surface area contributed by atoms with Crippen LogP contribution in [0.25, 0.3) is 0 Å².